The Morgan fingerprint density at radius 3 is 2.05 bits per heavy atom. The number of rotatable bonds is 2. The van der Waals surface area contributed by atoms with Crippen LogP contribution in [0.15, 0.2) is 12.4 Å². The van der Waals surface area contributed by atoms with Crippen molar-refractivity contribution >= 4 is 6.41 Å². The number of H-pyrrole nitrogens is 1. The van der Waals surface area contributed by atoms with Crippen molar-refractivity contribution < 1.29 is 4.79 Å². The van der Waals surface area contributed by atoms with Crippen LogP contribution in [0.25, 0.3) is 0 Å². The van der Waals surface area contributed by atoms with E-state index in [1.54, 1.807) is 6.20 Å². The number of aryl methyl sites for hydroxylation is 1. The molecule has 0 aromatic carbocycles. The molecule has 0 bridgehead atoms. The zero-order valence-electron chi connectivity index (χ0n) is 15.0. The first-order valence-electron chi connectivity index (χ1n) is 8.18. The van der Waals surface area contributed by atoms with Gasteiger partial charge in [-0.2, -0.15) is 5.10 Å². The van der Waals surface area contributed by atoms with Gasteiger partial charge in [-0.3, -0.25) is 9.89 Å². The van der Waals surface area contributed by atoms with Gasteiger partial charge >= 0.3 is 0 Å². The van der Waals surface area contributed by atoms with E-state index in [-0.39, 0.29) is 0 Å². The van der Waals surface area contributed by atoms with Gasteiger partial charge in [0, 0.05) is 12.2 Å². The van der Waals surface area contributed by atoms with Crippen LogP contribution in [0.2, 0.25) is 0 Å². The molecule has 1 aromatic rings. The highest BCUT2D eigenvalue weighted by atomic mass is 16.1. The molecule has 1 amide bonds. The Morgan fingerprint density at radius 2 is 1.76 bits per heavy atom. The molecule has 0 atom stereocenters. The van der Waals surface area contributed by atoms with E-state index in [0.717, 1.165) is 19.3 Å². The second-order valence-corrected chi connectivity index (χ2v) is 5.50. The van der Waals surface area contributed by atoms with E-state index in [1.165, 1.54) is 18.4 Å². The van der Waals surface area contributed by atoms with Gasteiger partial charge in [-0.25, -0.2) is 0 Å². The first-order chi connectivity index (χ1) is 10.0. The fourth-order valence-corrected chi connectivity index (χ4v) is 1.98. The number of nitrogens with zero attached hydrogens (tertiary/aromatic N) is 1. The SMILES string of the molecule is CC.CC.CC1(C)CCC(NC=O)CC1.Cc1cn[nH]c1. The van der Waals surface area contributed by atoms with Gasteiger partial charge in [-0.15, -0.1) is 0 Å². The van der Waals surface area contributed by atoms with Gasteiger partial charge < -0.3 is 5.32 Å². The van der Waals surface area contributed by atoms with E-state index < -0.39 is 0 Å². The minimum absolute atomic E-state index is 0.445. The summed E-state index contributed by atoms with van der Waals surface area (Å²) < 4.78 is 0. The van der Waals surface area contributed by atoms with Crippen LogP contribution in [0.1, 0.15) is 72.8 Å². The number of hydrogen-bond acceptors (Lipinski definition) is 2. The first kappa shape index (κ1) is 22.0. The second kappa shape index (κ2) is 13.7. The minimum Gasteiger partial charge on any atom is -0.356 e. The van der Waals surface area contributed by atoms with Crippen molar-refractivity contribution in [3.63, 3.8) is 0 Å². The van der Waals surface area contributed by atoms with Crippen LogP contribution in [0.3, 0.4) is 0 Å². The molecule has 0 spiro atoms. The lowest BCUT2D eigenvalue weighted by molar-refractivity contribution is -0.110. The largest absolute Gasteiger partial charge is 0.356 e. The normalized spacial score (nSPS) is 16.0. The van der Waals surface area contributed by atoms with Crippen LogP contribution in [0.4, 0.5) is 0 Å². The molecule has 124 valence electrons. The highest BCUT2D eigenvalue weighted by Crippen LogP contribution is 2.34. The van der Waals surface area contributed by atoms with Gasteiger partial charge in [0.05, 0.1) is 6.20 Å². The molecule has 1 aliphatic rings. The van der Waals surface area contributed by atoms with E-state index >= 15 is 0 Å². The number of carbonyl (C=O) groups is 1. The molecular formula is C17H35N3O. The van der Waals surface area contributed by atoms with Gasteiger partial charge in [-0.05, 0) is 43.6 Å². The highest BCUT2D eigenvalue weighted by Gasteiger charge is 2.25. The topological polar surface area (TPSA) is 57.8 Å². The van der Waals surface area contributed by atoms with Crippen molar-refractivity contribution in [1.82, 2.24) is 15.5 Å². The van der Waals surface area contributed by atoms with E-state index in [9.17, 15) is 4.79 Å². The fraction of sp³-hybridized carbons (Fsp3) is 0.765. The third-order valence-corrected chi connectivity index (χ3v) is 3.28. The lowest BCUT2D eigenvalue weighted by Gasteiger charge is -2.33. The smallest absolute Gasteiger partial charge is 0.207 e. The molecule has 1 saturated carbocycles. The fourth-order valence-electron chi connectivity index (χ4n) is 1.98. The van der Waals surface area contributed by atoms with Crippen molar-refractivity contribution in [2.24, 2.45) is 5.41 Å². The summed E-state index contributed by atoms with van der Waals surface area (Å²) in [5.41, 5.74) is 1.68. The lowest BCUT2D eigenvalue weighted by Crippen LogP contribution is -2.34. The van der Waals surface area contributed by atoms with Crippen LogP contribution < -0.4 is 5.32 Å². The zero-order valence-corrected chi connectivity index (χ0v) is 15.0. The molecule has 1 fully saturated rings. The van der Waals surface area contributed by atoms with Crippen molar-refractivity contribution in [2.75, 3.05) is 0 Å². The van der Waals surface area contributed by atoms with Crippen LogP contribution in [0.5, 0.6) is 0 Å². The monoisotopic (exact) mass is 297 g/mol. The summed E-state index contributed by atoms with van der Waals surface area (Å²) in [5, 5.41) is 9.22. The van der Waals surface area contributed by atoms with Crippen LogP contribution >= 0.6 is 0 Å². The first-order valence-corrected chi connectivity index (χ1v) is 8.18. The van der Waals surface area contributed by atoms with Crippen LogP contribution in [-0.2, 0) is 4.79 Å². The molecule has 2 rings (SSSR count). The van der Waals surface area contributed by atoms with Gasteiger partial charge in [-0.1, -0.05) is 41.5 Å². The maximum Gasteiger partial charge on any atom is 0.207 e. The molecule has 1 heterocycles. The molecule has 4 heteroatoms. The third kappa shape index (κ3) is 12.2. The Bertz CT molecular complexity index is 311. The Hall–Kier alpha value is -1.32. The number of amides is 1. The molecule has 0 saturated heterocycles. The van der Waals surface area contributed by atoms with Gasteiger partial charge in [0.1, 0.15) is 0 Å². The van der Waals surface area contributed by atoms with E-state index in [2.05, 4.69) is 29.4 Å². The summed E-state index contributed by atoms with van der Waals surface area (Å²) in [7, 11) is 0. The predicted octanol–water partition coefficient (Wildman–Crippen LogP) is 4.47. The van der Waals surface area contributed by atoms with E-state index in [4.69, 9.17) is 0 Å². The summed E-state index contributed by atoms with van der Waals surface area (Å²) in [6, 6.07) is 0.445. The number of aromatic nitrogens is 2. The second-order valence-electron chi connectivity index (χ2n) is 5.50. The average molecular weight is 297 g/mol. The van der Waals surface area contributed by atoms with Gasteiger partial charge in [0.15, 0.2) is 0 Å². The predicted molar refractivity (Wildman–Crippen MR) is 91.3 cm³/mol. The maximum atomic E-state index is 10.1. The van der Waals surface area contributed by atoms with E-state index in [0.29, 0.717) is 11.5 Å². The summed E-state index contributed by atoms with van der Waals surface area (Å²) in [6.07, 6.45) is 9.21. The van der Waals surface area contributed by atoms with Gasteiger partial charge in [0.25, 0.3) is 0 Å². The summed E-state index contributed by atoms with van der Waals surface area (Å²) in [5.74, 6) is 0. The van der Waals surface area contributed by atoms with Crippen molar-refractivity contribution in [3.05, 3.63) is 18.0 Å². The zero-order chi connectivity index (χ0) is 16.7. The van der Waals surface area contributed by atoms with E-state index in [1.807, 2.05) is 40.8 Å². The molecule has 0 radical (unpaired) electrons. The Labute approximate surface area is 131 Å². The maximum absolute atomic E-state index is 10.1. The number of nitrogens with one attached hydrogen (secondary N) is 2. The number of hydrogen-bond donors (Lipinski definition) is 2. The Balaban J connectivity index is 0. The quantitative estimate of drug-likeness (QED) is 0.791. The highest BCUT2D eigenvalue weighted by molar-refractivity contribution is 5.46. The molecule has 1 aromatic heterocycles. The van der Waals surface area contributed by atoms with Crippen molar-refractivity contribution in [1.29, 1.82) is 0 Å². The molecule has 0 unspecified atom stereocenters. The summed E-state index contributed by atoms with van der Waals surface area (Å²) in [6.45, 7) is 14.6. The minimum atomic E-state index is 0.445. The number of aromatic amines is 1. The summed E-state index contributed by atoms with van der Waals surface area (Å²) in [4.78, 5) is 10.1. The van der Waals surface area contributed by atoms with Gasteiger partial charge in [0.2, 0.25) is 6.41 Å². The molecule has 0 aliphatic heterocycles. The molecular weight excluding hydrogens is 262 g/mol. The van der Waals surface area contributed by atoms with Crippen molar-refractivity contribution in [3.8, 4) is 0 Å². The standard InChI is InChI=1S/C9H17NO.C4H6N2.2C2H6/c1-9(2)5-3-8(4-6-9)10-7-11;1-4-2-5-6-3-4;2*1-2/h7-8H,3-6H2,1-2H3,(H,10,11);2-3H,1H3,(H,5,6);2*1-2H3. The van der Waals surface area contributed by atoms with Crippen molar-refractivity contribution in [2.45, 2.75) is 80.2 Å². The molecule has 4 nitrogen and oxygen atoms in total. The Kier molecular flexibility index (Phi) is 14.3. The molecule has 2 N–H and O–H groups in total. The average Bonchev–Trinajstić information content (AvgIpc) is 2.98. The number of carbonyl (C=O) groups excluding carboxylic acids is 1. The van der Waals surface area contributed by atoms with Crippen LogP contribution in [-0.4, -0.2) is 22.6 Å². The molecule has 1 aliphatic carbocycles. The lowest BCUT2D eigenvalue weighted by atomic mass is 9.76. The summed E-state index contributed by atoms with van der Waals surface area (Å²) >= 11 is 0. The Morgan fingerprint density at radius 1 is 1.24 bits per heavy atom. The third-order valence-electron chi connectivity index (χ3n) is 3.28. The molecule has 21 heavy (non-hydrogen) atoms. The van der Waals surface area contributed by atoms with Crippen LogP contribution in [0, 0.1) is 12.3 Å².